The minimum absolute atomic E-state index is 0.179. The highest BCUT2D eigenvalue weighted by atomic mass is 16.5. The summed E-state index contributed by atoms with van der Waals surface area (Å²) in [4.78, 5) is 17.6. The van der Waals surface area contributed by atoms with Crippen LogP contribution in [0.5, 0.6) is 28.7 Å². The molecule has 0 aliphatic heterocycles. The van der Waals surface area contributed by atoms with Gasteiger partial charge in [0.25, 0.3) is 5.91 Å². The van der Waals surface area contributed by atoms with E-state index in [9.17, 15) is 4.79 Å². The zero-order chi connectivity index (χ0) is 29.0. The van der Waals surface area contributed by atoms with Crippen molar-refractivity contribution in [3.8, 4) is 28.7 Å². The minimum atomic E-state index is -0.179. The summed E-state index contributed by atoms with van der Waals surface area (Å²) >= 11 is 0. The number of aryl methyl sites for hydroxylation is 2. The van der Waals surface area contributed by atoms with Crippen molar-refractivity contribution in [1.29, 1.82) is 0 Å². The Kier molecular flexibility index (Phi) is 10.7. The molecule has 0 saturated carbocycles. The van der Waals surface area contributed by atoms with E-state index in [0.717, 1.165) is 67.0 Å². The largest absolute Gasteiger partial charge is 0.493 e. The molecular weight excluding hydrogens is 522 g/mol. The monoisotopic (exact) mass is 561 g/mol. The van der Waals surface area contributed by atoms with Crippen LogP contribution in [0.3, 0.4) is 0 Å². The Morgan fingerprint density at radius 3 is 2.17 bits per heavy atom. The molecule has 0 spiro atoms. The lowest BCUT2D eigenvalue weighted by molar-refractivity contribution is 0.0952. The molecule has 0 unspecified atom stereocenters. The van der Waals surface area contributed by atoms with Gasteiger partial charge in [0.2, 0.25) is 5.75 Å². The molecule has 1 aromatic heterocycles. The fourth-order valence-electron chi connectivity index (χ4n) is 4.81. The van der Waals surface area contributed by atoms with Crippen molar-refractivity contribution in [2.75, 3.05) is 41.6 Å². The third-order valence-corrected chi connectivity index (χ3v) is 6.88. The number of aromatic nitrogens is 2. The van der Waals surface area contributed by atoms with E-state index in [2.05, 4.69) is 22.0 Å². The van der Waals surface area contributed by atoms with Gasteiger partial charge in [0, 0.05) is 25.1 Å². The van der Waals surface area contributed by atoms with Crippen LogP contribution in [-0.2, 0) is 13.0 Å². The molecule has 0 aliphatic rings. The van der Waals surface area contributed by atoms with Crippen molar-refractivity contribution in [2.24, 2.45) is 0 Å². The average Bonchev–Trinajstić information content (AvgIpc) is 3.37. The number of benzene rings is 3. The molecule has 0 aliphatic carbocycles. The van der Waals surface area contributed by atoms with E-state index in [4.69, 9.17) is 28.7 Å². The fraction of sp³-hybridized carbons (Fsp3) is 0.375. The lowest BCUT2D eigenvalue weighted by Crippen LogP contribution is -2.24. The number of para-hydroxylation sites is 4. The van der Waals surface area contributed by atoms with Gasteiger partial charge in [-0.25, -0.2) is 4.98 Å². The summed E-state index contributed by atoms with van der Waals surface area (Å²) in [6.07, 6.45) is 4.51. The second-order valence-corrected chi connectivity index (χ2v) is 9.50. The van der Waals surface area contributed by atoms with Crippen LogP contribution < -0.4 is 29.0 Å². The van der Waals surface area contributed by atoms with Crippen molar-refractivity contribution in [3.05, 3.63) is 72.1 Å². The Balaban J connectivity index is 1.26. The highest BCUT2D eigenvalue weighted by Gasteiger charge is 2.17. The van der Waals surface area contributed by atoms with Crippen LogP contribution in [0.15, 0.2) is 60.7 Å². The zero-order valence-electron chi connectivity index (χ0n) is 24.3. The van der Waals surface area contributed by atoms with Gasteiger partial charge in [-0.15, -0.1) is 0 Å². The molecular formula is C32H39N3O6. The summed E-state index contributed by atoms with van der Waals surface area (Å²) < 4.78 is 29.7. The summed E-state index contributed by atoms with van der Waals surface area (Å²) in [5, 5.41) is 2.99. The van der Waals surface area contributed by atoms with E-state index in [0.29, 0.717) is 36.0 Å². The van der Waals surface area contributed by atoms with Crippen molar-refractivity contribution in [2.45, 2.75) is 38.6 Å². The van der Waals surface area contributed by atoms with E-state index in [1.54, 1.807) is 19.2 Å². The standard InChI is InChI=1S/C32H39N3O6/c1-37-26-15-9-10-16-27(26)41-20-12-19-35-25-14-8-7-13-24(25)34-30(35)17-6-5-11-18-33-32(36)23-21-28(38-2)31(40-4)29(22-23)39-3/h7-10,13-16,21-22H,5-6,11-12,17-20H2,1-4H3,(H,33,36). The molecule has 9 heteroatoms. The number of imidazole rings is 1. The van der Waals surface area contributed by atoms with Crippen LogP contribution in [0.2, 0.25) is 0 Å². The molecule has 1 N–H and O–H groups in total. The normalized spacial score (nSPS) is 10.8. The molecule has 4 rings (SSSR count). The maximum absolute atomic E-state index is 12.7. The molecule has 9 nitrogen and oxygen atoms in total. The van der Waals surface area contributed by atoms with Crippen LogP contribution >= 0.6 is 0 Å². The van der Waals surface area contributed by atoms with Gasteiger partial charge in [0.15, 0.2) is 23.0 Å². The number of carbonyl (C=O) groups is 1. The van der Waals surface area contributed by atoms with Crippen molar-refractivity contribution in [1.82, 2.24) is 14.9 Å². The molecule has 3 aromatic carbocycles. The minimum Gasteiger partial charge on any atom is -0.493 e. The molecule has 1 amide bonds. The Morgan fingerprint density at radius 1 is 0.780 bits per heavy atom. The molecule has 0 bridgehead atoms. The molecule has 0 atom stereocenters. The third kappa shape index (κ3) is 7.42. The number of carbonyl (C=O) groups excluding carboxylic acids is 1. The number of hydrogen-bond donors (Lipinski definition) is 1. The number of nitrogens with one attached hydrogen (secondary N) is 1. The number of nitrogens with zero attached hydrogens (tertiary/aromatic N) is 2. The van der Waals surface area contributed by atoms with Crippen LogP contribution in [0.25, 0.3) is 11.0 Å². The smallest absolute Gasteiger partial charge is 0.251 e. The van der Waals surface area contributed by atoms with Crippen LogP contribution in [0.1, 0.15) is 41.9 Å². The Labute approximate surface area is 241 Å². The van der Waals surface area contributed by atoms with Crippen molar-refractivity contribution in [3.63, 3.8) is 0 Å². The summed E-state index contributed by atoms with van der Waals surface area (Å²) in [6, 6.07) is 19.2. The summed E-state index contributed by atoms with van der Waals surface area (Å²) in [6.45, 7) is 1.97. The maximum Gasteiger partial charge on any atom is 0.251 e. The summed E-state index contributed by atoms with van der Waals surface area (Å²) in [5.74, 6) is 3.74. The van der Waals surface area contributed by atoms with Gasteiger partial charge in [-0.2, -0.15) is 0 Å². The van der Waals surface area contributed by atoms with Crippen LogP contribution in [0.4, 0.5) is 0 Å². The number of fused-ring (bicyclic) bond motifs is 1. The first-order valence-electron chi connectivity index (χ1n) is 13.9. The second kappa shape index (κ2) is 14.8. The van der Waals surface area contributed by atoms with E-state index >= 15 is 0 Å². The highest BCUT2D eigenvalue weighted by molar-refractivity contribution is 5.95. The van der Waals surface area contributed by atoms with E-state index in [-0.39, 0.29) is 5.91 Å². The van der Waals surface area contributed by atoms with E-state index < -0.39 is 0 Å². The zero-order valence-corrected chi connectivity index (χ0v) is 24.3. The second-order valence-electron chi connectivity index (χ2n) is 9.50. The highest BCUT2D eigenvalue weighted by Crippen LogP contribution is 2.38. The SMILES string of the molecule is COc1ccccc1OCCCn1c(CCCCCNC(=O)c2cc(OC)c(OC)c(OC)c2)nc2ccccc21. The van der Waals surface area contributed by atoms with Crippen molar-refractivity contribution >= 4 is 16.9 Å². The first-order valence-corrected chi connectivity index (χ1v) is 13.9. The topological polar surface area (TPSA) is 93.1 Å². The average molecular weight is 562 g/mol. The Morgan fingerprint density at radius 2 is 1.46 bits per heavy atom. The fourth-order valence-corrected chi connectivity index (χ4v) is 4.81. The predicted octanol–water partition coefficient (Wildman–Crippen LogP) is 5.68. The van der Waals surface area contributed by atoms with Gasteiger partial charge in [0.1, 0.15) is 5.82 Å². The number of methoxy groups -OCH3 is 4. The number of unbranched alkanes of at least 4 members (excludes halogenated alkanes) is 2. The van der Waals surface area contributed by atoms with Gasteiger partial charge in [0.05, 0.1) is 46.1 Å². The molecule has 0 saturated heterocycles. The van der Waals surface area contributed by atoms with Gasteiger partial charge < -0.3 is 33.6 Å². The maximum atomic E-state index is 12.7. The molecule has 41 heavy (non-hydrogen) atoms. The number of ether oxygens (including phenoxy) is 5. The predicted molar refractivity (Wildman–Crippen MR) is 159 cm³/mol. The van der Waals surface area contributed by atoms with E-state index in [1.807, 2.05) is 36.4 Å². The van der Waals surface area contributed by atoms with Gasteiger partial charge in [-0.05, 0) is 55.7 Å². The first-order chi connectivity index (χ1) is 20.1. The van der Waals surface area contributed by atoms with Gasteiger partial charge in [-0.1, -0.05) is 30.7 Å². The number of hydrogen-bond acceptors (Lipinski definition) is 7. The Hall–Kier alpha value is -4.40. The third-order valence-electron chi connectivity index (χ3n) is 6.88. The molecule has 0 radical (unpaired) electrons. The van der Waals surface area contributed by atoms with Crippen molar-refractivity contribution < 1.29 is 28.5 Å². The molecule has 1 heterocycles. The lowest BCUT2D eigenvalue weighted by atomic mass is 10.1. The summed E-state index contributed by atoms with van der Waals surface area (Å²) in [5.41, 5.74) is 2.60. The molecule has 4 aromatic rings. The quantitative estimate of drug-likeness (QED) is 0.176. The number of amides is 1. The first kappa shape index (κ1) is 29.6. The van der Waals surface area contributed by atoms with Gasteiger partial charge >= 0.3 is 0 Å². The Bertz CT molecular complexity index is 1410. The molecule has 0 fully saturated rings. The number of rotatable bonds is 16. The summed E-state index contributed by atoms with van der Waals surface area (Å²) in [7, 11) is 6.25. The lowest BCUT2D eigenvalue weighted by Gasteiger charge is -2.14. The van der Waals surface area contributed by atoms with Crippen LogP contribution in [-0.4, -0.2) is 57.0 Å². The van der Waals surface area contributed by atoms with E-state index in [1.165, 1.54) is 21.3 Å². The van der Waals surface area contributed by atoms with Gasteiger partial charge in [-0.3, -0.25) is 4.79 Å². The van der Waals surface area contributed by atoms with Crippen LogP contribution in [0, 0.1) is 0 Å². The molecule has 218 valence electrons.